The van der Waals surface area contributed by atoms with Crippen LogP contribution in [0.1, 0.15) is 17.2 Å². The molecule has 3 rings (SSSR count). The van der Waals surface area contributed by atoms with Gasteiger partial charge in [0.05, 0.1) is 12.4 Å². The van der Waals surface area contributed by atoms with Crippen LogP contribution < -0.4 is 5.73 Å². The first-order chi connectivity index (χ1) is 9.75. The smallest absolute Gasteiger partial charge is 0.0954 e. The molecule has 0 aliphatic heterocycles. The molecule has 4 heteroatoms. The molecular weight excluding hydrogens is 270 g/mol. The Hall–Kier alpha value is -2.26. The fourth-order valence-corrected chi connectivity index (χ4v) is 2.47. The van der Waals surface area contributed by atoms with Crippen molar-refractivity contribution in [1.29, 1.82) is 0 Å². The van der Waals surface area contributed by atoms with Gasteiger partial charge in [0.2, 0.25) is 0 Å². The number of nitrogens with two attached hydrogens (primary N) is 1. The predicted octanol–water partition coefficient (Wildman–Crippen LogP) is 3.76. The average Bonchev–Trinajstić information content (AvgIpc) is 2.97. The van der Waals surface area contributed by atoms with Crippen molar-refractivity contribution in [2.24, 2.45) is 0 Å². The number of halogens is 1. The number of anilines is 1. The molecule has 1 unspecified atom stereocenters. The Morgan fingerprint density at radius 2 is 1.80 bits per heavy atom. The van der Waals surface area contributed by atoms with Crippen molar-refractivity contribution < 1.29 is 0 Å². The molecule has 0 saturated carbocycles. The van der Waals surface area contributed by atoms with E-state index in [2.05, 4.69) is 4.98 Å². The van der Waals surface area contributed by atoms with Crippen LogP contribution in [-0.4, -0.2) is 9.55 Å². The Bertz CT molecular complexity index is 690. The average molecular weight is 284 g/mol. The minimum atomic E-state index is -0.00373. The molecule has 0 aliphatic carbocycles. The van der Waals surface area contributed by atoms with Crippen LogP contribution in [0.25, 0.3) is 0 Å². The zero-order chi connectivity index (χ0) is 13.9. The third-order valence-electron chi connectivity index (χ3n) is 3.30. The summed E-state index contributed by atoms with van der Waals surface area (Å²) in [6.45, 7) is 0. The lowest BCUT2D eigenvalue weighted by molar-refractivity contribution is 0.679. The van der Waals surface area contributed by atoms with Crippen molar-refractivity contribution in [3.05, 3.63) is 83.4 Å². The van der Waals surface area contributed by atoms with E-state index in [1.165, 1.54) is 0 Å². The maximum atomic E-state index is 6.13. The molecular formula is C16H14ClN3. The summed E-state index contributed by atoms with van der Waals surface area (Å²) in [6, 6.07) is 15.7. The van der Waals surface area contributed by atoms with E-state index in [1.807, 2.05) is 59.3 Å². The quantitative estimate of drug-likeness (QED) is 0.744. The van der Waals surface area contributed by atoms with Gasteiger partial charge in [-0.25, -0.2) is 4.98 Å². The summed E-state index contributed by atoms with van der Waals surface area (Å²) < 4.78 is 2.04. The summed E-state index contributed by atoms with van der Waals surface area (Å²) in [5.41, 5.74) is 9.06. The highest BCUT2D eigenvalue weighted by atomic mass is 35.5. The number of hydrogen-bond acceptors (Lipinski definition) is 2. The fourth-order valence-electron chi connectivity index (χ4n) is 2.34. The van der Waals surface area contributed by atoms with Crippen molar-refractivity contribution in [3.63, 3.8) is 0 Å². The molecule has 2 aromatic carbocycles. The topological polar surface area (TPSA) is 43.8 Å². The molecule has 0 bridgehead atoms. The molecule has 0 saturated heterocycles. The van der Waals surface area contributed by atoms with Crippen molar-refractivity contribution in [2.45, 2.75) is 6.04 Å². The van der Waals surface area contributed by atoms with Crippen LogP contribution in [0.15, 0.2) is 67.3 Å². The maximum Gasteiger partial charge on any atom is 0.0954 e. The van der Waals surface area contributed by atoms with Gasteiger partial charge in [0.15, 0.2) is 0 Å². The molecule has 0 fully saturated rings. The zero-order valence-corrected chi connectivity index (χ0v) is 11.5. The van der Waals surface area contributed by atoms with Crippen molar-refractivity contribution >= 4 is 17.3 Å². The molecule has 2 N–H and O–H groups in total. The van der Waals surface area contributed by atoms with Crippen molar-refractivity contribution in [3.8, 4) is 0 Å². The molecule has 0 spiro atoms. The molecule has 1 aromatic heterocycles. The Kier molecular flexibility index (Phi) is 3.44. The first-order valence-corrected chi connectivity index (χ1v) is 6.71. The molecule has 1 atom stereocenters. The molecule has 3 aromatic rings. The van der Waals surface area contributed by atoms with Crippen molar-refractivity contribution in [1.82, 2.24) is 9.55 Å². The highest BCUT2D eigenvalue weighted by Crippen LogP contribution is 2.30. The Labute approximate surface area is 122 Å². The van der Waals surface area contributed by atoms with Crippen molar-refractivity contribution in [2.75, 3.05) is 5.73 Å². The number of imidazole rings is 1. The van der Waals surface area contributed by atoms with Gasteiger partial charge in [-0.3, -0.25) is 0 Å². The van der Waals surface area contributed by atoms with Crippen LogP contribution in [0, 0.1) is 0 Å². The molecule has 0 aliphatic rings. The normalized spacial score (nSPS) is 12.2. The van der Waals surface area contributed by atoms with Gasteiger partial charge >= 0.3 is 0 Å². The van der Waals surface area contributed by atoms with E-state index in [9.17, 15) is 0 Å². The molecule has 1 heterocycles. The van der Waals surface area contributed by atoms with E-state index in [0.717, 1.165) is 21.8 Å². The standard InChI is InChI=1S/C16H14ClN3/c17-13-7-5-12(6-8-13)16(20-10-9-19-11-20)14-3-1-2-4-15(14)18/h1-11,16H,18H2. The van der Waals surface area contributed by atoms with E-state index >= 15 is 0 Å². The second kappa shape index (κ2) is 5.39. The number of para-hydroxylation sites is 1. The first kappa shape index (κ1) is 12.8. The molecule has 0 radical (unpaired) electrons. The van der Waals surface area contributed by atoms with E-state index in [0.29, 0.717) is 0 Å². The zero-order valence-electron chi connectivity index (χ0n) is 10.8. The Morgan fingerprint density at radius 1 is 1.05 bits per heavy atom. The molecule has 20 heavy (non-hydrogen) atoms. The lowest BCUT2D eigenvalue weighted by atomic mass is 9.97. The van der Waals surface area contributed by atoms with Gasteiger partial charge in [0, 0.05) is 28.7 Å². The second-order valence-corrected chi connectivity index (χ2v) is 5.03. The van der Waals surface area contributed by atoms with E-state index in [-0.39, 0.29) is 6.04 Å². The summed E-state index contributed by atoms with van der Waals surface area (Å²) in [6.07, 6.45) is 5.50. The summed E-state index contributed by atoms with van der Waals surface area (Å²) in [4.78, 5) is 4.14. The minimum absolute atomic E-state index is 0.00373. The van der Waals surface area contributed by atoms with Gasteiger partial charge in [0.1, 0.15) is 0 Å². The van der Waals surface area contributed by atoms with E-state index < -0.39 is 0 Å². The Balaban J connectivity index is 2.14. The summed E-state index contributed by atoms with van der Waals surface area (Å²) >= 11 is 5.97. The highest BCUT2D eigenvalue weighted by molar-refractivity contribution is 6.30. The number of nitrogen functional groups attached to an aromatic ring is 1. The van der Waals surface area contributed by atoms with Gasteiger partial charge in [-0.1, -0.05) is 41.9 Å². The van der Waals surface area contributed by atoms with Gasteiger partial charge in [-0.2, -0.15) is 0 Å². The van der Waals surface area contributed by atoms with Crippen LogP contribution in [0.4, 0.5) is 5.69 Å². The number of aromatic nitrogens is 2. The van der Waals surface area contributed by atoms with Gasteiger partial charge < -0.3 is 10.3 Å². The largest absolute Gasteiger partial charge is 0.398 e. The van der Waals surface area contributed by atoms with Gasteiger partial charge in [0.25, 0.3) is 0 Å². The third-order valence-corrected chi connectivity index (χ3v) is 3.55. The minimum Gasteiger partial charge on any atom is -0.398 e. The van der Waals surface area contributed by atoms with E-state index in [4.69, 9.17) is 17.3 Å². The number of hydrogen-bond donors (Lipinski definition) is 1. The molecule has 100 valence electrons. The summed E-state index contributed by atoms with van der Waals surface area (Å²) in [5, 5.41) is 0.721. The van der Waals surface area contributed by atoms with Crippen LogP contribution in [-0.2, 0) is 0 Å². The lowest BCUT2D eigenvalue weighted by Gasteiger charge is -2.21. The van der Waals surface area contributed by atoms with Gasteiger partial charge in [-0.15, -0.1) is 0 Å². The molecule has 0 amide bonds. The van der Waals surface area contributed by atoms with Crippen LogP contribution in [0.2, 0.25) is 5.02 Å². The van der Waals surface area contributed by atoms with Crippen LogP contribution in [0.3, 0.4) is 0 Å². The highest BCUT2D eigenvalue weighted by Gasteiger charge is 2.17. The first-order valence-electron chi connectivity index (χ1n) is 6.33. The monoisotopic (exact) mass is 283 g/mol. The SMILES string of the molecule is Nc1ccccc1C(c1ccc(Cl)cc1)n1ccnc1. The number of rotatable bonds is 3. The van der Waals surface area contributed by atoms with Crippen LogP contribution in [0.5, 0.6) is 0 Å². The van der Waals surface area contributed by atoms with Gasteiger partial charge in [-0.05, 0) is 23.8 Å². The fraction of sp³-hybridized carbons (Fsp3) is 0.0625. The Morgan fingerprint density at radius 3 is 2.45 bits per heavy atom. The lowest BCUT2D eigenvalue weighted by Crippen LogP contribution is -2.12. The van der Waals surface area contributed by atoms with E-state index in [1.54, 1.807) is 12.5 Å². The van der Waals surface area contributed by atoms with Crippen LogP contribution >= 0.6 is 11.6 Å². The third kappa shape index (κ3) is 2.40. The predicted molar refractivity (Wildman–Crippen MR) is 81.8 cm³/mol. The number of benzene rings is 2. The summed E-state index contributed by atoms with van der Waals surface area (Å²) in [5.74, 6) is 0. The second-order valence-electron chi connectivity index (χ2n) is 4.59. The number of nitrogens with zero attached hydrogens (tertiary/aromatic N) is 2. The molecule has 3 nitrogen and oxygen atoms in total. The maximum absolute atomic E-state index is 6.13. The summed E-state index contributed by atoms with van der Waals surface area (Å²) in [7, 11) is 0.